The Hall–Kier alpha value is -8.20. The molecule has 0 aliphatic heterocycles. The van der Waals surface area contributed by atoms with Crippen LogP contribution in [0.4, 0.5) is 17.1 Å². The summed E-state index contributed by atoms with van der Waals surface area (Å²) in [5, 5.41) is 2.20. The zero-order valence-electron chi connectivity index (χ0n) is 34.0. The molecule has 2 nitrogen and oxygen atoms in total. The molecule has 0 amide bonds. The number of fused-ring (bicyclic) bond motifs is 3. The number of anilines is 3. The summed E-state index contributed by atoms with van der Waals surface area (Å²) in [5.74, 6) is 0. The number of para-hydroxylation sites is 1. The number of furan rings is 1. The average Bonchev–Trinajstić information content (AvgIpc) is 3.73. The Labute approximate surface area is 362 Å². The van der Waals surface area contributed by atoms with Gasteiger partial charge in [0.1, 0.15) is 11.2 Å². The van der Waals surface area contributed by atoms with Gasteiger partial charge in [-0.1, -0.05) is 200 Å². The minimum absolute atomic E-state index is 0.876. The molecule has 0 aliphatic carbocycles. The van der Waals surface area contributed by atoms with Crippen LogP contribution in [0.1, 0.15) is 0 Å². The van der Waals surface area contributed by atoms with Crippen molar-refractivity contribution in [3.8, 4) is 66.8 Å². The van der Waals surface area contributed by atoms with Crippen LogP contribution in [0.5, 0.6) is 0 Å². The highest BCUT2D eigenvalue weighted by molar-refractivity contribution is 6.07. The number of nitrogens with zero attached hydrogens (tertiary/aromatic N) is 1. The van der Waals surface area contributed by atoms with Gasteiger partial charge in [0.2, 0.25) is 0 Å². The maximum absolute atomic E-state index is 6.27. The maximum Gasteiger partial charge on any atom is 0.135 e. The van der Waals surface area contributed by atoms with Gasteiger partial charge in [-0.05, 0) is 115 Å². The molecule has 0 saturated heterocycles. The fourth-order valence-electron chi connectivity index (χ4n) is 8.89. The zero-order chi connectivity index (χ0) is 41.2. The van der Waals surface area contributed by atoms with E-state index in [1.54, 1.807) is 0 Å². The summed E-state index contributed by atoms with van der Waals surface area (Å²) in [6.07, 6.45) is 0. The molecule has 0 atom stereocenters. The fourth-order valence-corrected chi connectivity index (χ4v) is 8.89. The monoisotopic (exact) mass is 791 g/mol. The van der Waals surface area contributed by atoms with E-state index < -0.39 is 0 Å². The quantitative estimate of drug-likeness (QED) is 0.145. The van der Waals surface area contributed by atoms with Gasteiger partial charge >= 0.3 is 0 Å². The Bertz CT molecular complexity index is 3300. The van der Waals surface area contributed by atoms with Crippen LogP contribution in [0.3, 0.4) is 0 Å². The first kappa shape index (κ1) is 36.8. The van der Waals surface area contributed by atoms with Crippen LogP contribution in [-0.2, 0) is 0 Å². The summed E-state index contributed by atoms with van der Waals surface area (Å²) in [6, 6.07) is 89.1. The lowest BCUT2D eigenvalue weighted by molar-refractivity contribution is 0.669. The van der Waals surface area contributed by atoms with Crippen LogP contribution in [0.25, 0.3) is 88.7 Å². The lowest BCUT2D eigenvalue weighted by Crippen LogP contribution is -2.09. The second-order valence-corrected chi connectivity index (χ2v) is 15.7. The predicted octanol–water partition coefficient (Wildman–Crippen LogP) is 17.1. The van der Waals surface area contributed by atoms with Crippen molar-refractivity contribution < 1.29 is 4.42 Å². The second-order valence-electron chi connectivity index (χ2n) is 15.7. The van der Waals surface area contributed by atoms with Gasteiger partial charge in [0.25, 0.3) is 0 Å². The molecule has 11 rings (SSSR count). The van der Waals surface area contributed by atoms with E-state index in [9.17, 15) is 0 Å². The van der Waals surface area contributed by atoms with E-state index in [1.807, 2.05) is 12.1 Å². The average molecular weight is 792 g/mol. The largest absolute Gasteiger partial charge is 0.456 e. The van der Waals surface area contributed by atoms with E-state index in [0.717, 1.165) is 44.6 Å². The molecule has 0 radical (unpaired) electrons. The minimum Gasteiger partial charge on any atom is -0.456 e. The Balaban J connectivity index is 1.02. The molecule has 1 aromatic heterocycles. The summed E-state index contributed by atoms with van der Waals surface area (Å²) in [4.78, 5) is 2.35. The third-order valence-corrected chi connectivity index (χ3v) is 11.9. The molecule has 11 aromatic rings. The zero-order valence-corrected chi connectivity index (χ0v) is 34.0. The molecule has 10 aromatic carbocycles. The highest BCUT2D eigenvalue weighted by Gasteiger charge is 2.20. The highest BCUT2D eigenvalue weighted by atomic mass is 16.3. The first-order chi connectivity index (χ1) is 30.7. The second kappa shape index (κ2) is 16.1. The van der Waals surface area contributed by atoms with E-state index >= 15 is 0 Å². The molecule has 1 heterocycles. The summed E-state index contributed by atoms with van der Waals surface area (Å²) < 4.78 is 6.27. The molecule has 0 aliphatic rings. The number of benzene rings is 10. The van der Waals surface area contributed by atoms with Crippen molar-refractivity contribution in [3.63, 3.8) is 0 Å². The van der Waals surface area contributed by atoms with Crippen molar-refractivity contribution in [3.05, 3.63) is 249 Å². The van der Waals surface area contributed by atoms with Crippen molar-refractivity contribution in [2.45, 2.75) is 0 Å². The number of rotatable bonds is 9. The van der Waals surface area contributed by atoms with Crippen LogP contribution >= 0.6 is 0 Å². The van der Waals surface area contributed by atoms with Crippen LogP contribution < -0.4 is 4.90 Å². The van der Waals surface area contributed by atoms with Crippen molar-refractivity contribution >= 4 is 39.0 Å². The number of hydrogen-bond donors (Lipinski definition) is 0. The molecule has 2 heteroatoms. The molecular formula is C60H41NO. The van der Waals surface area contributed by atoms with E-state index in [4.69, 9.17) is 4.42 Å². The van der Waals surface area contributed by atoms with Gasteiger partial charge in [-0.3, -0.25) is 0 Å². The molecule has 0 N–H and O–H groups in total. The van der Waals surface area contributed by atoms with E-state index in [0.29, 0.717) is 0 Å². The first-order valence-electron chi connectivity index (χ1n) is 21.2. The molecule has 0 bridgehead atoms. The first-order valence-corrected chi connectivity index (χ1v) is 21.2. The Kier molecular flexibility index (Phi) is 9.57. The van der Waals surface area contributed by atoms with Gasteiger partial charge in [0, 0.05) is 27.8 Å². The molecule has 292 valence electrons. The smallest absolute Gasteiger partial charge is 0.135 e. The van der Waals surface area contributed by atoms with Crippen molar-refractivity contribution in [1.29, 1.82) is 0 Å². The Morgan fingerprint density at radius 2 is 0.629 bits per heavy atom. The van der Waals surface area contributed by atoms with E-state index in [2.05, 4.69) is 241 Å². The van der Waals surface area contributed by atoms with Crippen molar-refractivity contribution in [1.82, 2.24) is 0 Å². The Morgan fingerprint density at radius 1 is 0.242 bits per heavy atom. The maximum atomic E-state index is 6.27. The summed E-state index contributed by atoms with van der Waals surface area (Å²) >= 11 is 0. The predicted molar refractivity (Wildman–Crippen MR) is 261 cm³/mol. The third-order valence-electron chi connectivity index (χ3n) is 11.9. The lowest BCUT2D eigenvalue weighted by atomic mass is 9.84. The van der Waals surface area contributed by atoms with Gasteiger partial charge in [-0.15, -0.1) is 0 Å². The topological polar surface area (TPSA) is 16.4 Å². The van der Waals surface area contributed by atoms with Gasteiger partial charge in [0.05, 0.1) is 0 Å². The Morgan fingerprint density at radius 3 is 1.23 bits per heavy atom. The third kappa shape index (κ3) is 6.94. The van der Waals surface area contributed by atoms with Gasteiger partial charge in [-0.25, -0.2) is 0 Å². The highest BCUT2D eigenvalue weighted by Crippen LogP contribution is 2.45. The SMILES string of the molecule is c1ccc(-c2ccc(-c3ccc(N(c4ccc(-c5cccc(-c6ccccc6)c5-c5ccccc5-c5ccccc5)cc4)c4ccc5oc6ccccc6c5c4)cc3)cc2)cc1. The normalized spacial score (nSPS) is 11.2. The summed E-state index contributed by atoms with van der Waals surface area (Å²) in [6.45, 7) is 0. The van der Waals surface area contributed by atoms with Crippen molar-refractivity contribution in [2.24, 2.45) is 0 Å². The summed E-state index contributed by atoms with van der Waals surface area (Å²) in [7, 11) is 0. The molecule has 0 unspecified atom stereocenters. The standard InChI is InChI=1S/C60H41NO/c1-4-15-42(16-5-1)43-27-29-44(30-28-43)45-31-35-49(36-32-45)61(51-39-40-59-57(41-51)55-22-12-13-26-58(55)62-59)50-37-33-48(34-38-50)54-25-14-24-53(47-19-8-3-9-20-47)60(54)56-23-11-10-21-52(56)46-17-6-2-7-18-46/h1-41H. The van der Waals surface area contributed by atoms with Crippen LogP contribution in [-0.4, -0.2) is 0 Å². The van der Waals surface area contributed by atoms with E-state index in [-0.39, 0.29) is 0 Å². The lowest BCUT2D eigenvalue weighted by Gasteiger charge is -2.26. The van der Waals surface area contributed by atoms with Crippen LogP contribution in [0, 0.1) is 0 Å². The molecule has 0 spiro atoms. The molecular weight excluding hydrogens is 751 g/mol. The summed E-state index contributed by atoms with van der Waals surface area (Å²) in [5.41, 5.74) is 19.3. The number of hydrogen-bond acceptors (Lipinski definition) is 2. The van der Waals surface area contributed by atoms with Gasteiger partial charge in [0.15, 0.2) is 0 Å². The molecule has 62 heavy (non-hydrogen) atoms. The van der Waals surface area contributed by atoms with Gasteiger partial charge in [-0.2, -0.15) is 0 Å². The van der Waals surface area contributed by atoms with Crippen LogP contribution in [0.15, 0.2) is 253 Å². The van der Waals surface area contributed by atoms with E-state index in [1.165, 1.54) is 61.2 Å². The fraction of sp³-hybridized carbons (Fsp3) is 0. The van der Waals surface area contributed by atoms with Crippen LogP contribution in [0.2, 0.25) is 0 Å². The van der Waals surface area contributed by atoms with Crippen molar-refractivity contribution in [2.75, 3.05) is 4.90 Å². The molecule has 0 saturated carbocycles. The van der Waals surface area contributed by atoms with Gasteiger partial charge < -0.3 is 9.32 Å². The minimum atomic E-state index is 0.876. The molecule has 0 fully saturated rings.